The van der Waals surface area contributed by atoms with E-state index in [0.717, 1.165) is 19.6 Å². The van der Waals surface area contributed by atoms with Crippen molar-refractivity contribution in [3.63, 3.8) is 0 Å². The average Bonchev–Trinajstić information content (AvgIpc) is 3.19. The monoisotopic (exact) mass is 380 g/mol. The Hall–Kier alpha value is -2.77. The molecule has 4 rings (SSSR count). The third-order valence-electron chi connectivity index (χ3n) is 4.71. The first-order valence-corrected chi connectivity index (χ1v) is 9.78. The molecular weight excluding hydrogens is 360 g/mol. The molecule has 0 bridgehead atoms. The van der Waals surface area contributed by atoms with Gasteiger partial charge in [-0.3, -0.25) is 18.9 Å². The molecule has 1 aliphatic heterocycles. The van der Waals surface area contributed by atoms with Crippen LogP contribution in [0.5, 0.6) is 0 Å². The molecule has 3 heterocycles. The van der Waals surface area contributed by atoms with Crippen LogP contribution in [-0.4, -0.2) is 57.8 Å². The molecule has 6 nitrogen and oxygen atoms in total. The molecule has 0 radical (unpaired) electrons. The van der Waals surface area contributed by atoms with Crippen molar-refractivity contribution in [2.45, 2.75) is 0 Å². The lowest BCUT2D eigenvalue weighted by atomic mass is 10.2. The second kappa shape index (κ2) is 7.85. The predicted octanol–water partition coefficient (Wildman–Crippen LogP) is 2.23. The summed E-state index contributed by atoms with van der Waals surface area (Å²) in [6, 6.07) is 10.2. The van der Waals surface area contributed by atoms with Gasteiger partial charge in [0.2, 0.25) is 0 Å². The molecule has 1 aromatic carbocycles. The van der Waals surface area contributed by atoms with E-state index in [-0.39, 0.29) is 17.0 Å². The molecule has 0 N–H and O–H groups in total. The number of aromatic nitrogens is 2. The molecule has 27 heavy (non-hydrogen) atoms. The third-order valence-corrected chi connectivity index (χ3v) is 5.48. The zero-order valence-electron chi connectivity index (χ0n) is 14.8. The van der Waals surface area contributed by atoms with Gasteiger partial charge >= 0.3 is 0 Å². The van der Waals surface area contributed by atoms with Gasteiger partial charge in [0, 0.05) is 50.5 Å². The van der Waals surface area contributed by atoms with Crippen LogP contribution < -0.4 is 5.56 Å². The van der Waals surface area contributed by atoms with E-state index in [0.29, 0.717) is 18.1 Å². The Bertz CT molecular complexity index is 1020. The Morgan fingerprint density at radius 1 is 1.15 bits per heavy atom. The van der Waals surface area contributed by atoms with Crippen LogP contribution in [0.15, 0.2) is 59.0 Å². The zero-order valence-corrected chi connectivity index (χ0v) is 15.6. The van der Waals surface area contributed by atoms with Crippen molar-refractivity contribution >= 4 is 28.3 Å². The highest BCUT2D eigenvalue weighted by atomic mass is 32.1. The SMILES string of the molecule is O=C(c1cnc2sccn2c1=O)N1CCN(C/C=C/c2ccccc2)CC1. The fourth-order valence-electron chi connectivity index (χ4n) is 3.18. The van der Waals surface area contributed by atoms with Gasteiger partial charge in [-0.25, -0.2) is 4.98 Å². The molecule has 2 aromatic heterocycles. The van der Waals surface area contributed by atoms with E-state index in [2.05, 4.69) is 34.2 Å². The molecule has 1 fully saturated rings. The smallest absolute Gasteiger partial charge is 0.271 e. The van der Waals surface area contributed by atoms with Crippen molar-refractivity contribution < 1.29 is 4.79 Å². The van der Waals surface area contributed by atoms with Crippen LogP contribution >= 0.6 is 11.3 Å². The number of carbonyl (C=O) groups is 1. The van der Waals surface area contributed by atoms with Gasteiger partial charge in [-0.15, -0.1) is 11.3 Å². The molecule has 7 heteroatoms. The Morgan fingerprint density at radius 2 is 1.93 bits per heavy atom. The number of rotatable bonds is 4. The second-order valence-electron chi connectivity index (χ2n) is 6.44. The third kappa shape index (κ3) is 3.84. The van der Waals surface area contributed by atoms with Crippen molar-refractivity contribution in [3.8, 4) is 0 Å². The van der Waals surface area contributed by atoms with Crippen molar-refractivity contribution in [2.24, 2.45) is 0 Å². The first-order valence-electron chi connectivity index (χ1n) is 8.90. The van der Waals surface area contributed by atoms with E-state index < -0.39 is 0 Å². The number of hydrogen-bond acceptors (Lipinski definition) is 5. The summed E-state index contributed by atoms with van der Waals surface area (Å²) in [7, 11) is 0. The lowest BCUT2D eigenvalue weighted by molar-refractivity contribution is 0.0648. The summed E-state index contributed by atoms with van der Waals surface area (Å²) in [6.45, 7) is 3.66. The van der Waals surface area contributed by atoms with E-state index >= 15 is 0 Å². The number of hydrogen-bond donors (Lipinski definition) is 0. The molecule has 3 aromatic rings. The van der Waals surface area contributed by atoms with Gasteiger partial charge in [-0.1, -0.05) is 42.5 Å². The van der Waals surface area contributed by atoms with Crippen LogP contribution in [0.25, 0.3) is 11.0 Å². The number of benzene rings is 1. The highest BCUT2D eigenvalue weighted by Gasteiger charge is 2.24. The highest BCUT2D eigenvalue weighted by molar-refractivity contribution is 7.15. The predicted molar refractivity (Wildman–Crippen MR) is 107 cm³/mol. The molecule has 1 saturated heterocycles. The maximum Gasteiger partial charge on any atom is 0.271 e. The Balaban J connectivity index is 1.35. The topological polar surface area (TPSA) is 57.9 Å². The lowest BCUT2D eigenvalue weighted by Gasteiger charge is -2.34. The normalized spacial score (nSPS) is 15.6. The standard InChI is InChI=1S/C20H20N4O2S/c25-18(17-15-21-20-24(19(17)26)13-14-27-20)23-11-9-22(10-12-23)8-4-7-16-5-2-1-3-6-16/h1-7,13-15H,8-12H2/b7-4+. The van der Waals surface area contributed by atoms with Crippen LogP contribution in [0.2, 0.25) is 0 Å². The first kappa shape index (κ1) is 17.6. The quantitative estimate of drug-likeness (QED) is 0.697. The van der Waals surface area contributed by atoms with E-state index in [9.17, 15) is 9.59 Å². The van der Waals surface area contributed by atoms with E-state index in [1.54, 1.807) is 16.5 Å². The summed E-state index contributed by atoms with van der Waals surface area (Å²) >= 11 is 1.38. The minimum atomic E-state index is -0.292. The van der Waals surface area contributed by atoms with Crippen LogP contribution in [-0.2, 0) is 0 Å². The fraction of sp³-hybridized carbons (Fsp3) is 0.250. The van der Waals surface area contributed by atoms with Crippen molar-refractivity contribution in [1.29, 1.82) is 0 Å². The van der Waals surface area contributed by atoms with Gasteiger partial charge in [-0.05, 0) is 5.56 Å². The molecular formula is C20H20N4O2S. The summed E-state index contributed by atoms with van der Waals surface area (Å²) in [6.07, 6.45) is 7.32. The van der Waals surface area contributed by atoms with Crippen LogP contribution in [0, 0.1) is 0 Å². The molecule has 0 atom stereocenters. The Kier molecular flexibility index (Phi) is 5.13. The number of amides is 1. The molecule has 0 aliphatic carbocycles. The van der Waals surface area contributed by atoms with Crippen LogP contribution in [0.4, 0.5) is 0 Å². The first-order chi connectivity index (χ1) is 13.2. The summed E-state index contributed by atoms with van der Waals surface area (Å²) in [5.41, 5.74) is 1.03. The number of fused-ring (bicyclic) bond motifs is 1. The number of thiazole rings is 1. The van der Waals surface area contributed by atoms with Gasteiger partial charge in [0.05, 0.1) is 0 Å². The minimum absolute atomic E-state index is 0.142. The number of carbonyl (C=O) groups excluding carboxylic acids is 1. The maximum absolute atomic E-state index is 12.7. The van der Waals surface area contributed by atoms with Gasteiger partial charge in [-0.2, -0.15) is 0 Å². The second-order valence-corrected chi connectivity index (χ2v) is 7.31. The van der Waals surface area contributed by atoms with Gasteiger partial charge in [0.1, 0.15) is 5.56 Å². The fourth-order valence-corrected chi connectivity index (χ4v) is 3.85. The summed E-state index contributed by atoms with van der Waals surface area (Å²) in [4.78, 5) is 34.1. The number of nitrogens with zero attached hydrogens (tertiary/aromatic N) is 4. The molecule has 0 spiro atoms. The van der Waals surface area contributed by atoms with E-state index in [1.165, 1.54) is 27.5 Å². The van der Waals surface area contributed by atoms with Gasteiger partial charge in [0.15, 0.2) is 4.96 Å². The van der Waals surface area contributed by atoms with Crippen molar-refractivity contribution in [2.75, 3.05) is 32.7 Å². The zero-order chi connectivity index (χ0) is 18.6. The Labute approximate surface area is 161 Å². The van der Waals surface area contributed by atoms with E-state index in [1.807, 2.05) is 18.2 Å². The highest BCUT2D eigenvalue weighted by Crippen LogP contribution is 2.10. The molecule has 138 valence electrons. The largest absolute Gasteiger partial charge is 0.336 e. The number of piperazine rings is 1. The van der Waals surface area contributed by atoms with Crippen LogP contribution in [0.1, 0.15) is 15.9 Å². The van der Waals surface area contributed by atoms with Gasteiger partial charge in [0.25, 0.3) is 11.5 Å². The van der Waals surface area contributed by atoms with Crippen LogP contribution in [0.3, 0.4) is 0 Å². The van der Waals surface area contributed by atoms with Crippen molar-refractivity contribution in [3.05, 3.63) is 75.7 Å². The van der Waals surface area contributed by atoms with Gasteiger partial charge < -0.3 is 4.90 Å². The molecule has 0 unspecified atom stereocenters. The minimum Gasteiger partial charge on any atom is -0.336 e. The lowest BCUT2D eigenvalue weighted by Crippen LogP contribution is -2.49. The summed E-state index contributed by atoms with van der Waals surface area (Å²) in [5.74, 6) is -0.229. The maximum atomic E-state index is 12.7. The molecule has 1 amide bonds. The molecule has 0 saturated carbocycles. The van der Waals surface area contributed by atoms with Crippen molar-refractivity contribution in [1.82, 2.24) is 19.2 Å². The Morgan fingerprint density at radius 3 is 2.70 bits per heavy atom. The van der Waals surface area contributed by atoms with E-state index in [4.69, 9.17) is 0 Å². The molecule has 1 aliphatic rings. The average molecular weight is 380 g/mol. The summed E-state index contributed by atoms with van der Waals surface area (Å²) in [5, 5.41) is 1.79. The summed E-state index contributed by atoms with van der Waals surface area (Å²) < 4.78 is 1.43.